The van der Waals surface area contributed by atoms with Crippen molar-refractivity contribution in [3.63, 3.8) is 0 Å². The lowest BCUT2D eigenvalue weighted by atomic mass is 9.61. The number of carbonyl (C=O) groups excluding carboxylic acids is 3. The van der Waals surface area contributed by atoms with Crippen LogP contribution < -0.4 is 5.32 Å². The average molecular weight is 509 g/mol. The Balaban J connectivity index is 2.07. The van der Waals surface area contributed by atoms with Crippen molar-refractivity contribution >= 4 is 23.8 Å². The minimum atomic E-state index is -1.72. The second-order valence-corrected chi connectivity index (χ2v) is 10.5. The zero-order valence-electron chi connectivity index (χ0n) is 22.1. The molecule has 0 saturated carbocycles. The summed E-state index contributed by atoms with van der Waals surface area (Å²) >= 11 is 0. The van der Waals surface area contributed by atoms with Gasteiger partial charge in [-0.25, -0.2) is 4.79 Å². The summed E-state index contributed by atoms with van der Waals surface area (Å²) < 4.78 is 5.28. The van der Waals surface area contributed by atoms with Gasteiger partial charge in [-0.3, -0.25) is 14.4 Å². The van der Waals surface area contributed by atoms with Gasteiger partial charge >= 0.3 is 12.1 Å². The maximum Gasteiger partial charge on any atom is 0.408 e. The molecular formula is C29H36N2O6. The van der Waals surface area contributed by atoms with Gasteiger partial charge in [0.1, 0.15) is 22.8 Å². The van der Waals surface area contributed by atoms with E-state index in [0.717, 1.165) is 0 Å². The number of hydrogen-bond donors (Lipinski definition) is 2. The molecule has 2 aromatic carbocycles. The molecule has 8 heteroatoms. The zero-order chi connectivity index (χ0) is 27.4. The number of alkyl carbamates (subject to hydrolysis) is 1. The summed E-state index contributed by atoms with van der Waals surface area (Å²) in [5.74, 6) is -2.94. The van der Waals surface area contributed by atoms with Gasteiger partial charge in [-0.15, -0.1) is 0 Å². The van der Waals surface area contributed by atoms with Gasteiger partial charge in [0, 0.05) is 12.6 Å². The van der Waals surface area contributed by atoms with Gasteiger partial charge in [0.2, 0.25) is 5.91 Å². The van der Waals surface area contributed by atoms with Crippen molar-refractivity contribution in [1.29, 1.82) is 0 Å². The summed E-state index contributed by atoms with van der Waals surface area (Å²) in [6, 6.07) is 15.8. The molecule has 0 aromatic heterocycles. The first-order valence-electron chi connectivity index (χ1n) is 12.5. The molecule has 1 aliphatic rings. The van der Waals surface area contributed by atoms with Crippen molar-refractivity contribution in [2.75, 3.05) is 6.54 Å². The van der Waals surface area contributed by atoms with E-state index in [1.807, 2.05) is 0 Å². The van der Waals surface area contributed by atoms with Gasteiger partial charge < -0.3 is 20.1 Å². The van der Waals surface area contributed by atoms with E-state index in [9.17, 15) is 24.3 Å². The number of hydrogen-bond acceptors (Lipinski definition) is 5. The van der Waals surface area contributed by atoms with E-state index in [1.54, 1.807) is 93.3 Å². The molecule has 1 aliphatic heterocycles. The molecule has 2 unspecified atom stereocenters. The number of carboxylic acid groups (broad SMARTS) is 1. The Labute approximate surface area is 218 Å². The number of carbonyl (C=O) groups is 4. The standard InChI is InChI=1S/C29H36N2O6/c1-19(30-27(36)37-28(3,4)5)25(33)31-18-12-17-23(31)24(20(2)32)29(26(34)35,21-13-8-6-9-14-21)22-15-10-7-11-16-22/h6-11,13-16,19,23-24H,12,17-18H2,1-5H3,(H,30,36)(H,34,35)/t19-,23?,24?/m0/s1. The van der Waals surface area contributed by atoms with Crippen molar-refractivity contribution in [3.05, 3.63) is 71.8 Å². The Hall–Kier alpha value is -3.68. The molecule has 0 aliphatic carbocycles. The molecular weight excluding hydrogens is 472 g/mol. The molecule has 3 atom stereocenters. The van der Waals surface area contributed by atoms with E-state index >= 15 is 0 Å². The minimum Gasteiger partial charge on any atom is -0.480 e. The monoisotopic (exact) mass is 508 g/mol. The number of nitrogens with one attached hydrogen (secondary N) is 1. The fourth-order valence-corrected chi connectivity index (χ4v) is 5.38. The number of likely N-dealkylation sites (tertiary alicyclic amines) is 1. The van der Waals surface area contributed by atoms with E-state index in [4.69, 9.17) is 4.74 Å². The number of aliphatic carboxylic acids is 1. The van der Waals surface area contributed by atoms with Crippen LogP contribution in [-0.4, -0.2) is 58.0 Å². The number of ketones is 1. The average Bonchev–Trinajstić information content (AvgIpc) is 3.30. The number of Topliss-reactive ketones (excluding diaryl/α,β-unsaturated/α-hetero) is 1. The topological polar surface area (TPSA) is 113 Å². The third-order valence-electron chi connectivity index (χ3n) is 6.77. The highest BCUT2D eigenvalue weighted by molar-refractivity contribution is 5.96. The first kappa shape index (κ1) is 27.9. The molecule has 2 amide bonds. The van der Waals surface area contributed by atoms with Crippen LogP contribution in [0.3, 0.4) is 0 Å². The first-order valence-corrected chi connectivity index (χ1v) is 12.5. The molecule has 1 saturated heterocycles. The SMILES string of the molecule is CC(=O)C(C1CCCN1C(=O)[C@H](C)NC(=O)OC(C)(C)C)C(C(=O)O)(c1ccccc1)c1ccccc1. The van der Waals surface area contributed by atoms with Gasteiger partial charge in [-0.1, -0.05) is 60.7 Å². The normalized spacial score (nSPS) is 17.5. The van der Waals surface area contributed by atoms with Crippen molar-refractivity contribution in [2.45, 2.75) is 70.6 Å². The van der Waals surface area contributed by atoms with Crippen LogP contribution in [0.2, 0.25) is 0 Å². The molecule has 1 heterocycles. The van der Waals surface area contributed by atoms with Crippen LogP contribution in [-0.2, 0) is 24.5 Å². The van der Waals surface area contributed by atoms with Gasteiger partial charge in [-0.2, -0.15) is 0 Å². The zero-order valence-corrected chi connectivity index (χ0v) is 22.1. The molecule has 0 spiro atoms. The number of amides is 2. The molecule has 8 nitrogen and oxygen atoms in total. The van der Waals surface area contributed by atoms with Gasteiger partial charge in [0.25, 0.3) is 0 Å². The molecule has 1 fully saturated rings. The van der Waals surface area contributed by atoms with Gasteiger partial charge in [0.15, 0.2) is 0 Å². The summed E-state index contributed by atoms with van der Waals surface area (Å²) in [5, 5.41) is 13.4. The molecule has 3 rings (SSSR count). The van der Waals surface area contributed by atoms with Crippen LogP contribution in [0.5, 0.6) is 0 Å². The smallest absolute Gasteiger partial charge is 0.408 e. The summed E-state index contributed by atoms with van der Waals surface area (Å²) in [6.07, 6.45) is 0.350. The van der Waals surface area contributed by atoms with E-state index in [2.05, 4.69) is 5.32 Å². The van der Waals surface area contributed by atoms with E-state index < -0.39 is 41.1 Å². The highest BCUT2D eigenvalue weighted by atomic mass is 16.6. The minimum absolute atomic E-state index is 0.326. The largest absolute Gasteiger partial charge is 0.480 e. The summed E-state index contributed by atoms with van der Waals surface area (Å²) in [4.78, 5) is 54.1. The Morgan fingerprint density at radius 3 is 1.92 bits per heavy atom. The third-order valence-corrected chi connectivity index (χ3v) is 6.77. The number of nitrogens with zero attached hydrogens (tertiary/aromatic N) is 1. The molecule has 2 aromatic rings. The predicted molar refractivity (Wildman–Crippen MR) is 139 cm³/mol. The van der Waals surface area contributed by atoms with Crippen molar-refractivity contribution in [3.8, 4) is 0 Å². The van der Waals surface area contributed by atoms with Crippen LogP contribution >= 0.6 is 0 Å². The van der Waals surface area contributed by atoms with E-state index in [0.29, 0.717) is 30.5 Å². The highest BCUT2D eigenvalue weighted by Crippen LogP contribution is 2.45. The highest BCUT2D eigenvalue weighted by Gasteiger charge is 2.56. The predicted octanol–water partition coefficient (Wildman–Crippen LogP) is 4.17. The lowest BCUT2D eigenvalue weighted by Gasteiger charge is -2.43. The molecule has 0 bridgehead atoms. The number of rotatable bonds is 8. The summed E-state index contributed by atoms with van der Waals surface area (Å²) in [5.41, 5.74) is -1.51. The lowest BCUT2D eigenvalue weighted by molar-refractivity contribution is -0.150. The second-order valence-electron chi connectivity index (χ2n) is 10.5. The fourth-order valence-electron chi connectivity index (χ4n) is 5.38. The van der Waals surface area contributed by atoms with Gasteiger partial charge in [-0.05, 0) is 58.6 Å². The Kier molecular flexibility index (Phi) is 8.41. The van der Waals surface area contributed by atoms with Crippen LogP contribution in [0.1, 0.15) is 58.6 Å². The number of ether oxygens (including phenoxy) is 1. The lowest BCUT2D eigenvalue weighted by Crippen LogP contribution is -2.58. The molecule has 2 N–H and O–H groups in total. The number of benzene rings is 2. The van der Waals surface area contributed by atoms with E-state index in [1.165, 1.54) is 6.92 Å². The Bertz CT molecular complexity index is 1090. The second kappa shape index (κ2) is 11.2. The quantitative estimate of drug-likeness (QED) is 0.554. The molecule has 198 valence electrons. The van der Waals surface area contributed by atoms with Crippen molar-refractivity contribution < 1.29 is 29.0 Å². The summed E-state index contributed by atoms with van der Waals surface area (Å²) in [7, 11) is 0. The van der Waals surface area contributed by atoms with Crippen LogP contribution in [0, 0.1) is 5.92 Å². The molecule has 0 radical (unpaired) electrons. The maximum absolute atomic E-state index is 13.6. The van der Waals surface area contributed by atoms with Crippen LogP contribution in [0.4, 0.5) is 4.79 Å². The Morgan fingerprint density at radius 1 is 0.973 bits per heavy atom. The van der Waals surface area contributed by atoms with Crippen molar-refractivity contribution in [1.82, 2.24) is 10.2 Å². The molecule has 37 heavy (non-hydrogen) atoms. The number of carboxylic acids is 1. The fraction of sp³-hybridized carbons (Fsp3) is 0.448. The first-order chi connectivity index (χ1) is 17.4. The third kappa shape index (κ3) is 5.84. The van der Waals surface area contributed by atoms with Crippen LogP contribution in [0.15, 0.2) is 60.7 Å². The Morgan fingerprint density at radius 2 is 1.49 bits per heavy atom. The van der Waals surface area contributed by atoms with Crippen molar-refractivity contribution in [2.24, 2.45) is 5.92 Å². The maximum atomic E-state index is 13.6. The summed E-state index contributed by atoms with van der Waals surface area (Å²) in [6.45, 7) is 8.48. The van der Waals surface area contributed by atoms with E-state index in [-0.39, 0.29) is 11.7 Å². The van der Waals surface area contributed by atoms with Crippen LogP contribution in [0.25, 0.3) is 0 Å². The van der Waals surface area contributed by atoms with Gasteiger partial charge in [0.05, 0.1) is 5.92 Å².